The first-order chi connectivity index (χ1) is 11.5. The Labute approximate surface area is 143 Å². The van der Waals surface area contributed by atoms with Gasteiger partial charge in [0.2, 0.25) is 0 Å². The van der Waals surface area contributed by atoms with E-state index in [2.05, 4.69) is 11.9 Å². The van der Waals surface area contributed by atoms with Gasteiger partial charge in [0.25, 0.3) is 17.7 Å². The van der Waals surface area contributed by atoms with Crippen LogP contribution in [0.5, 0.6) is 0 Å². The Bertz CT molecular complexity index is 827. The first-order valence-electron chi connectivity index (χ1n) is 7.48. The molecule has 1 aromatic heterocycles. The Morgan fingerprint density at radius 1 is 1.29 bits per heavy atom. The molecule has 1 N–H and O–H groups in total. The topological polar surface area (TPSA) is 66.5 Å². The van der Waals surface area contributed by atoms with E-state index >= 15 is 0 Å². The van der Waals surface area contributed by atoms with Crippen LogP contribution in [0.25, 0.3) is 0 Å². The van der Waals surface area contributed by atoms with Crippen molar-refractivity contribution in [2.75, 3.05) is 6.54 Å². The van der Waals surface area contributed by atoms with Gasteiger partial charge in [0.15, 0.2) is 0 Å². The van der Waals surface area contributed by atoms with Crippen molar-refractivity contribution in [2.45, 2.75) is 13.0 Å². The molecule has 1 aromatic carbocycles. The van der Waals surface area contributed by atoms with Crippen LogP contribution in [0, 0.1) is 0 Å². The fourth-order valence-corrected chi connectivity index (χ4v) is 3.35. The van der Waals surface area contributed by atoms with Gasteiger partial charge < -0.3 is 5.32 Å². The Hall–Kier alpha value is -2.73. The van der Waals surface area contributed by atoms with Crippen LogP contribution in [-0.4, -0.2) is 29.2 Å². The van der Waals surface area contributed by atoms with E-state index in [1.165, 1.54) is 18.2 Å². The van der Waals surface area contributed by atoms with Crippen LogP contribution < -0.4 is 5.32 Å². The van der Waals surface area contributed by atoms with E-state index in [1.54, 1.807) is 17.4 Å². The first kappa shape index (κ1) is 16.1. The van der Waals surface area contributed by atoms with Gasteiger partial charge in [-0.25, -0.2) is 0 Å². The van der Waals surface area contributed by atoms with Gasteiger partial charge in [0.1, 0.15) is 0 Å². The molecule has 2 heterocycles. The molecule has 3 amide bonds. The minimum absolute atomic E-state index is 0.125. The van der Waals surface area contributed by atoms with Gasteiger partial charge in [-0.3, -0.25) is 19.3 Å². The second-order valence-corrected chi connectivity index (χ2v) is 6.46. The molecular weight excluding hydrogens is 324 g/mol. The maximum Gasteiger partial charge on any atom is 0.261 e. The lowest BCUT2D eigenvalue weighted by Gasteiger charge is -2.12. The van der Waals surface area contributed by atoms with Crippen molar-refractivity contribution in [2.24, 2.45) is 0 Å². The molecule has 0 unspecified atom stereocenters. The summed E-state index contributed by atoms with van der Waals surface area (Å²) in [6.07, 6.45) is 1.50. The number of imide groups is 1. The Morgan fingerprint density at radius 2 is 2.04 bits per heavy atom. The summed E-state index contributed by atoms with van der Waals surface area (Å²) in [5.41, 5.74) is 0.946. The summed E-state index contributed by atoms with van der Waals surface area (Å²) in [6, 6.07) is 8.33. The Morgan fingerprint density at radius 3 is 2.71 bits per heavy atom. The summed E-state index contributed by atoms with van der Waals surface area (Å²) in [5.74, 6) is -1.02. The van der Waals surface area contributed by atoms with Crippen molar-refractivity contribution in [3.8, 4) is 0 Å². The van der Waals surface area contributed by atoms with E-state index in [-0.39, 0.29) is 30.0 Å². The molecule has 2 aromatic rings. The number of rotatable bonds is 5. The highest BCUT2D eigenvalue weighted by molar-refractivity contribution is 7.10. The van der Waals surface area contributed by atoms with Crippen molar-refractivity contribution in [3.05, 3.63) is 69.9 Å². The van der Waals surface area contributed by atoms with Crippen LogP contribution in [0.3, 0.4) is 0 Å². The first-order valence-corrected chi connectivity index (χ1v) is 8.36. The van der Waals surface area contributed by atoms with Crippen LogP contribution in [0.15, 0.2) is 48.4 Å². The van der Waals surface area contributed by atoms with Gasteiger partial charge in [-0.1, -0.05) is 12.1 Å². The number of nitrogens with zero attached hydrogens (tertiary/aromatic N) is 1. The predicted octanol–water partition coefficient (Wildman–Crippen LogP) is 3.02. The maximum atomic E-state index is 12.4. The second kappa shape index (κ2) is 6.41. The predicted molar refractivity (Wildman–Crippen MR) is 92.2 cm³/mol. The number of nitrogens with one attached hydrogen (secondary N) is 1. The molecule has 122 valence electrons. The zero-order valence-corrected chi connectivity index (χ0v) is 13.9. The third-order valence-corrected chi connectivity index (χ3v) is 4.92. The minimum Gasteiger partial charge on any atom is -0.345 e. The highest BCUT2D eigenvalue weighted by Gasteiger charge is 2.35. The Kier molecular flexibility index (Phi) is 4.31. The average molecular weight is 340 g/mol. The normalized spacial score (nSPS) is 14.5. The molecule has 0 saturated carbocycles. The van der Waals surface area contributed by atoms with Crippen molar-refractivity contribution in [1.82, 2.24) is 10.2 Å². The van der Waals surface area contributed by atoms with Crippen molar-refractivity contribution in [1.29, 1.82) is 0 Å². The number of thiophene rings is 1. The molecular formula is C18H16N2O3S. The number of hydrogen-bond acceptors (Lipinski definition) is 4. The lowest BCUT2D eigenvalue weighted by atomic mass is 10.0. The van der Waals surface area contributed by atoms with E-state index in [4.69, 9.17) is 0 Å². The van der Waals surface area contributed by atoms with E-state index in [9.17, 15) is 14.4 Å². The van der Waals surface area contributed by atoms with Crippen LogP contribution in [-0.2, 0) is 0 Å². The molecule has 3 rings (SSSR count). The third-order valence-electron chi connectivity index (χ3n) is 3.86. The number of benzene rings is 1. The second-order valence-electron chi connectivity index (χ2n) is 5.48. The standard InChI is InChI=1S/C18H16N2O3S/c1-3-8-20-17(22)13-7-6-12(10-14(13)18(20)23)16(21)19-11(2)15-5-4-9-24-15/h3-7,9-11H,1,8H2,2H3,(H,19,21)/t11-/m0/s1. The maximum absolute atomic E-state index is 12.4. The van der Waals surface area contributed by atoms with Gasteiger partial charge in [0, 0.05) is 17.0 Å². The monoisotopic (exact) mass is 340 g/mol. The summed E-state index contributed by atoms with van der Waals surface area (Å²) < 4.78 is 0. The molecule has 5 nitrogen and oxygen atoms in total. The number of amides is 3. The molecule has 6 heteroatoms. The lowest BCUT2D eigenvalue weighted by molar-refractivity contribution is 0.0672. The molecule has 0 radical (unpaired) electrons. The summed E-state index contributed by atoms with van der Waals surface area (Å²) in [5, 5.41) is 4.85. The van der Waals surface area contributed by atoms with E-state index in [1.807, 2.05) is 24.4 Å². The summed E-state index contributed by atoms with van der Waals surface area (Å²) in [7, 11) is 0. The molecule has 0 fully saturated rings. The highest BCUT2D eigenvalue weighted by atomic mass is 32.1. The highest BCUT2D eigenvalue weighted by Crippen LogP contribution is 2.24. The molecule has 0 bridgehead atoms. The summed E-state index contributed by atoms with van der Waals surface area (Å²) in [4.78, 5) is 39.1. The summed E-state index contributed by atoms with van der Waals surface area (Å²) >= 11 is 1.57. The van der Waals surface area contributed by atoms with E-state index < -0.39 is 5.91 Å². The quantitative estimate of drug-likeness (QED) is 0.672. The summed E-state index contributed by atoms with van der Waals surface area (Å²) in [6.45, 7) is 5.61. The fourth-order valence-electron chi connectivity index (χ4n) is 2.62. The van der Waals surface area contributed by atoms with Crippen molar-refractivity contribution < 1.29 is 14.4 Å². The van der Waals surface area contributed by atoms with Gasteiger partial charge in [-0.2, -0.15) is 0 Å². The Balaban J connectivity index is 1.82. The molecule has 24 heavy (non-hydrogen) atoms. The van der Waals surface area contributed by atoms with Gasteiger partial charge in [0.05, 0.1) is 17.2 Å². The number of carbonyl (C=O) groups is 3. The van der Waals surface area contributed by atoms with Gasteiger partial charge >= 0.3 is 0 Å². The SMILES string of the molecule is C=CCN1C(=O)c2ccc(C(=O)N[C@@H](C)c3cccs3)cc2C1=O. The lowest BCUT2D eigenvalue weighted by Crippen LogP contribution is -2.29. The van der Waals surface area contributed by atoms with E-state index in [0.29, 0.717) is 11.1 Å². The van der Waals surface area contributed by atoms with Gasteiger partial charge in [-0.05, 0) is 36.6 Å². The minimum atomic E-state index is -0.393. The van der Waals surface area contributed by atoms with Crippen LogP contribution in [0.2, 0.25) is 0 Å². The van der Waals surface area contributed by atoms with Crippen LogP contribution >= 0.6 is 11.3 Å². The molecule has 1 aliphatic heterocycles. The number of hydrogen-bond donors (Lipinski definition) is 1. The zero-order chi connectivity index (χ0) is 17.3. The van der Waals surface area contributed by atoms with Gasteiger partial charge in [-0.15, -0.1) is 17.9 Å². The molecule has 0 saturated heterocycles. The number of fused-ring (bicyclic) bond motifs is 1. The molecule has 1 atom stereocenters. The molecule has 0 spiro atoms. The van der Waals surface area contributed by atoms with Crippen molar-refractivity contribution >= 4 is 29.1 Å². The third kappa shape index (κ3) is 2.76. The smallest absolute Gasteiger partial charge is 0.261 e. The average Bonchev–Trinajstić information content (AvgIpc) is 3.19. The van der Waals surface area contributed by atoms with E-state index in [0.717, 1.165) is 9.78 Å². The number of carbonyl (C=O) groups excluding carboxylic acids is 3. The largest absolute Gasteiger partial charge is 0.345 e. The van der Waals surface area contributed by atoms with Crippen LogP contribution in [0.4, 0.5) is 0 Å². The zero-order valence-electron chi connectivity index (χ0n) is 13.1. The van der Waals surface area contributed by atoms with Crippen molar-refractivity contribution in [3.63, 3.8) is 0 Å². The molecule has 1 aliphatic rings. The fraction of sp³-hybridized carbons (Fsp3) is 0.167. The molecule has 0 aliphatic carbocycles. The van der Waals surface area contributed by atoms with Crippen LogP contribution in [0.1, 0.15) is 48.9 Å².